The molecule has 0 heterocycles. The molecule has 0 aliphatic carbocycles. The number of halogens is 2. The first kappa shape index (κ1) is 15.3. The topological polar surface area (TPSA) is 83.5 Å². The molecule has 0 spiro atoms. The fourth-order valence-electron chi connectivity index (χ4n) is 1.09. The highest BCUT2D eigenvalue weighted by atomic mass is 79.9. The van der Waals surface area contributed by atoms with Gasteiger partial charge in [-0.1, -0.05) is 27.5 Å². The highest BCUT2D eigenvalue weighted by molar-refractivity contribution is 9.10. The van der Waals surface area contributed by atoms with Gasteiger partial charge in [-0.05, 0) is 19.1 Å². The van der Waals surface area contributed by atoms with Gasteiger partial charge in [0.1, 0.15) is 5.25 Å². The lowest BCUT2D eigenvalue weighted by Gasteiger charge is -2.12. The Morgan fingerprint density at radius 1 is 1.50 bits per heavy atom. The van der Waals surface area contributed by atoms with Crippen molar-refractivity contribution >= 4 is 49.0 Å². The molecular weight excluding hydrogens is 346 g/mol. The second-order valence-corrected chi connectivity index (χ2v) is 7.43. The molecule has 1 aromatic carbocycles. The van der Waals surface area contributed by atoms with E-state index in [-0.39, 0.29) is 16.5 Å². The second-order valence-electron chi connectivity index (χ2n) is 3.74. The van der Waals surface area contributed by atoms with Gasteiger partial charge in [-0.3, -0.25) is 4.79 Å². The predicted molar refractivity (Wildman–Crippen MR) is 73.8 cm³/mol. The molecule has 2 N–H and O–H groups in total. The zero-order chi connectivity index (χ0) is 14.1. The quantitative estimate of drug-likeness (QED) is 0.813. The number of anilines is 1. The van der Waals surface area contributed by atoms with Gasteiger partial charge in [-0.15, -0.1) is 0 Å². The van der Waals surface area contributed by atoms with Crippen LogP contribution in [0.4, 0.5) is 5.69 Å². The van der Waals surface area contributed by atoms with Crippen LogP contribution >= 0.6 is 27.5 Å². The number of amides is 1. The summed E-state index contributed by atoms with van der Waals surface area (Å²) in [6.07, 6.45) is 0.963. The first-order chi connectivity index (χ1) is 8.12. The van der Waals surface area contributed by atoms with Gasteiger partial charge in [0.2, 0.25) is 5.91 Å². The summed E-state index contributed by atoms with van der Waals surface area (Å²) in [6, 6.07) is 2.88. The van der Waals surface area contributed by atoms with Gasteiger partial charge >= 0.3 is 0 Å². The van der Waals surface area contributed by atoms with Gasteiger partial charge in [-0.25, -0.2) is 8.42 Å². The van der Waals surface area contributed by atoms with Crippen LogP contribution in [-0.2, 0) is 14.6 Å². The molecule has 0 fully saturated rings. The lowest BCUT2D eigenvalue weighted by Crippen LogP contribution is -2.31. The molecule has 0 aliphatic heterocycles. The molecule has 1 atom stereocenters. The number of phenols is 1. The molecule has 0 aromatic heterocycles. The third-order valence-corrected chi connectivity index (χ3v) is 4.54. The number of hydrogen-bond acceptors (Lipinski definition) is 4. The molecule has 0 unspecified atom stereocenters. The maximum absolute atomic E-state index is 11.7. The molecule has 100 valence electrons. The van der Waals surface area contributed by atoms with E-state index in [1.807, 2.05) is 0 Å². The number of sulfone groups is 1. The summed E-state index contributed by atoms with van der Waals surface area (Å²) in [7, 11) is -3.49. The number of hydrogen-bond donors (Lipinski definition) is 2. The van der Waals surface area contributed by atoms with Crippen molar-refractivity contribution in [1.29, 1.82) is 0 Å². The Bertz CT molecular complexity index is 588. The standard InChI is InChI=1S/C10H11BrClNO4S/c1-5(18(2,16)17)10(15)13-8-4-6(11)3-7(12)9(8)14/h3-5,14H,1-2H3,(H,13,15)/t5-/m0/s1. The first-order valence-electron chi connectivity index (χ1n) is 4.80. The average molecular weight is 357 g/mol. The lowest BCUT2D eigenvalue weighted by molar-refractivity contribution is -0.115. The molecule has 8 heteroatoms. The summed E-state index contributed by atoms with van der Waals surface area (Å²) >= 11 is 8.87. The van der Waals surface area contributed by atoms with Crippen molar-refractivity contribution in [2.75, 3.05) is 11.6 Å². The highest BCUT2D eigenvalue weighted by Gasteiger charge is 2.24. The number of carbonyl (C=O) groups is 1. The Kier molecular flexibility index (Phi) is 4.63. The summed E-state index contributed by atoms with van der Waals surface area (Å²) in [5, 5.41) is 10.8. The van der Waals surface area contributed by atoms with Gasteiger partial charge in [-0.2, -0.15) is 0 Å². The average Bonchev–Trinajstić information content (AvgIpc) is 2.22. The minimum atomic E-state index is -3.49. The van der Waals surface area contributed by atoms with E-state index in [2.05, 4.69) is 21.2 Å². The Morgan fingerprint density at radius 3 is 2.56 bits per heavy atom. The molecule has 5 nitrogen and oxygen atoms in total. The van der Waals surface area contributed by atoms with Crippen LogP contribution in [-0.4, -0.2) is 30.9 Å². The van der Waals surface area contributed by atoms with E-state index in [0.29, 0.717) is 4.47 Å². The third kappa shape index (κ3) is 3.60. The van der Waals surface area contributed by atoms with E-state index in [1.54, 1.807) is 0 Å². The molecular formula is C10H11BrClNO4S. The van der Waals surface area contributed by atoms with Gasteiger partial charge in [0.15, 0.2) is 15.6 Å². The Balaban J connectivity index is 3.03. The number of aromatic hydroxyl groups is 1. The maximum atomic E-state index is 11.7. The first-order valence-corrected chi connectivity index (χ1v) is 7.93. The summed E-state index contributed by atoms with van der Waals surface area (Å²) in [4.78, 5) is 11.7. The molecule has 0 aliphatic rings. The van der Waals surface area contributed by atoms with Crippen LogP contribution in [0.2, 0.25) is 5.02 Å². The van der Waals surface area contributed by atoms with Gasteiger partial charge in [0.05, 0.1) is 10.7 Å². The van der Waals surface area contributed by atoms with E-state index in [4.69, 9.17) is 11.6 Å². The van der Waals surface area contributed by atoms with Crippen molar-refractivity contribution < 1.29 is 18.3 Å². The van der Waals surface area contributed by atoms with Gasteiger partial charge < -0.3 is 10.4 Å². The normalized spacial score (nSPS) is 13.1. The zero-order valence-electron chi connectivity index (χ0n) is 9.57. The van der Waals surface area contributed by atoms with E-state index in [1.165, 1.54) is 19.1 Å². The smallest absolute Gasteiger partial charge is 0.242 e. The monoisotopic (exact) mass is 355 g/mol. The van der Waals surface area contributed by atoms with Crippen LogP contribution in [0.5, 0.6) is 5.75 Å². The molecule has 0 saturated carbocycles. The van der Waals surface area contributed by atoms with Crippen LogP contribution < -0.4 is 5.32 Å². The number of benzene rings is 1. The summed E-state index contributed by atoms with van der Waals surface area (Å²) < 4.78 is 23.0. The van der Waals surface area contributed by atoms with Crippen LogP contribution in [0, 0.1) is 0 Å². The number of nitrogens with one attached hydrogen (secondary N) is 1. The Labute approximate surface area is 118 Å². The third-order valence-electron chi connectivity index (χ3n) is 2.30. The fraction of sp³-hybridized carbons (Fsp3) is 0.300. The number of rotatable bonds is 3. The van der Waals surface area contributed by atoms with Crippen LogP contribution in [0.25, 0.3) is 0 Å². The molecule has 0 bridgehead atoms. The summed E-state index contributed by atoms with van der Waals surface area (Å²) in [6.45, 7) is 1.27. The largest absolute Gasteiger partial charge is 0.504 e. The molecule has 0 radical (unpaired) electrons. The van der Waals surface area contributed by atoms with Gasteiger partial charge in [0.25, 0.3) is 0 Å². The SMILES string of the molecule is C[C@@H](C(=O)Nc1cc(Br)cc(Cl)c1O)S(C)(=O)=O. The van der Waals surface area contributed by atoms with E-state index in [0.717, 1.165) is 6.26 Å². The van der Waals surface area contributed by atoms with E-state index < -0.39 is 21.0 Å². The van der Waals surface area contributed by atoms with Gasteiger partial charge in [0, 0.05) is 10.7 Å². The van der Waals surface area contributed by atoms with Crippen molar-refractivity contribution in [2.45, 2.75) is 12.2 Å². The maximum Gasteiger partial charge on any atom is 0.242 e. The molecule has 1 rings (SSSR count). The van der Waals surface area contributed by atoms with Crippen LogP contribution in [0.15, 0.2) is 16.6 Å². The van der Waals surface area contributed by atoms with Crippen LogP contribution in [0.1, 0.15) is 6.92 Å². The summed E-state index contributed by atoms with van der Waals surface area (Å²) in [5.41, 5.74) is 0.0508. The lowest BCUT2D eigenvalue weighted by atomic mass is 10.3. The van der Waals surface area contributed by atoms with Crippen LogP contribution in [0.3, 0.4) is 0 Å². The Hall–Kier alpha value is -0.790. The second kappa shape index (κ2) is 5.46. The highest BCUT2D eigenvalue weighted by Crippen LogP contribution is 2.35. The minimum Gasteiger partial charge on any atom is -0.504 e. The van der Waals surface area contributed by atoms with Crippen molar-refractivity contribution in [2.24, 2.45) is 0 Å². The van der Waals surface area contributed by atoms with E-state index in [9.17, 15) is 18.3 Å². The van der Waals surface area contributed by atoms with Crippen molar-refractivity contribution in [3.8, 4) is 5.75 Å². The molecule has 1 aromatic rings. The van der Waals surface area contributed by atoms with Crippen molar-refractivity contribution in [1.82, 2.24) is 0 Å². The van der Waals surface area contributed by atoms with Crippen molar-refractivity contribution in [3.63, 3.8) is 0 Å². The fourth-order valence-corrected chi connectivity index (χ4v) is 2.35. The summed E-state index contributed by atoms with van der Waals surface area (Å²) in [5.74, 6) is -1.05. The minimum absolute atomic E-state index is 0.0479. The number of phenolic OH excluding ortho intramolecular Hbond substituents is 1. The predicted octanol–water partition coefficient (Wildman–Crippen LogP) is 2.18. The molecule has 0 saturated heterocycles. The van der Waals surface area contributed by atoms with Crippen molar-refractivity contribution in [3.05, 3.63) is 21.6 Å². The Morgan fingerprint density at radius 2 is 2.06 bits per heavy atom. The van der Waals surface area contributed by atoms with E-state index >= 15 is 0 Å². The zero-order valence-corrected chi connectivity index (χ0v) is 12.7. The number of carbonyl (C=O) groups excluding carboxylic acids is 1. The molecule has 1 amide bonds. The molecule has 18 heavy (non-hydrogen) atoms.